The van der Waals surface area contributed by atoms with E-state index in [2.05, 4.69) is 10.1 Å². The summed E-state index contributed by atoms with van der Waals surface area (Å²) in [6.07, 6.45) is 0. The number of nitrogens with two attached hydrogens (primary N) is 2. The molecule has 0 saturated carbocycles. The van der Waals surface area contributed by atoms with Crippen molar-refractivity contribution in [3.8, 4) is 0 Å². The second-order valence-electron chi connectivity index (χ2n) is 3.27. The van der Waals surface area contributed by atoms with Crippen molar-refractivity contribution in [1.82, 2.24) is 0 Å². The van der Waals surface area contributed by atoms with Crippen LogP contribution in [0.25, 0.3) is 0 Å². The van der Waals surface area contributed by atoms with E-state index in [9.17, 15) is 13.2 Å². The number of nitrogen functional groups attached to an aromatic ring is 1. The summed E-state index contributed by atoms with van der Waals surface area (Å²) in [4.78, 5) is 10.8. The quantitative estimate of drug-likeness (QED) is 0.494. The first-order valence-corrected chi connectivity index (χ1v) is 6.11. The summed E-state index contributed by atoms with van der Waals surface area (Å²) in [7, 11) is -2.58. The Morgan fingerprint density at radius 2 is 2.06 bits per heavy atom. The van der Waals surface area contributed by atoms with Gasteiger partial charge >= 0.3 is 5.97 Å². The summed E-state index contributed by atoms with van der Waals surface area (Å²) in [5.74, 6) is -0.482. The molecule has 0 aliphatic carbocycles. The van der Waals surface area contributed by atoms with E-state index < -0.39 is 16.0 Å². The number of primary sulfonamides is 1. The van der Waals surface area contributed by atoms with Crippen LogP contribution in [0.2, 0.25) is 0 Å². The lowest BCUT2D eigenvalue weighted by Crippen LogP contribution is -2.16. The highest BCUT2D eigenvalue weighted by Gasteiger charge is 2.10. The largest absolute Gasteiger partial charge is 0.468 e. The van der Waals surface area contributed by atoms with Gasteiger partial charge in [0.1, 0.15) is 6.54 Å². The van der Waals surface area contributed by atoms with Crippen molar-refractivity contribution in [1.29, 1.82) is 0 Å². The van der Waals surface area contributed by atoms with E-state index in [1.165, 1.54) is 25.3 Å². The van der Waals surface area contributed by atoms with Crippen LogP contribution in [0.3, 0.4) is 0 Å². The topological polar surface area (TPSA) is 125 Å². The lowest BCUT2D eigenvalue weighted by molar-refractivity contribution is -0.138. The zero-order valence-corrected chi connectivity index (χ0v) is 9.95. The van der Waals surface area contributed by atoms with E-state index in [0.29, 0.717) is 5.69 Å². The Bertz CT molecular complexity index is 527. The van der Waals surface area contributed by atoms with E-state index in [0.717, 1.165) is 0 Å². The lowest BCUT2D eigenvalue weighted by Gasteiger charge is -2.08. The summed E-state index contributed by atoms with van der Waals surface area (Å²) in [6.45, 7) is -0.0932. The highest BCUT2D eigenvalue weighted by Crippen LogP contribution is 2.19. The summed E-state index contributed by atoms with van der Waals surface area (Å²) in [6, 6.07) is 4.00. The molecule has 0 aliphatic rings. The molecule has 0 saturated heterocycles. The van der Waals surface area contributed by atoms with Gasteiger partial charge in [-0.05, 0) is 18.2 Å². The third-order valence-corrected chi connectivity index (χ3v) is 2.81. The van der Waals surface area contributed by atoms with Crippen LogP contribution in [-0.2, 0) is 19.6 Å². The molecule has 5 N–H and O–H groups in total. The van der Waals surface area contributed by atoms with Gasteiger partial charge in [0, 0.05) is 11.4 Å². The lowest BCUT2D eigenvalue weighted by atomic mass is 10.3. The molecular formula is C9H13N3O4S. The Hall–Kier alpha value is -1.80. The molecule has 7 nitrogen and oxygen atoms in total. The number of methoxy groups -OCH3 is 1. The van der Waals surface area contributed by atoms with Crippen LogP contribution in [-0.4, -0.2) is 28.0 Å². The van der Waals surface area contributed by atoms with Crippen LogP contribution < -0.4 is 16.2 Å². The maximum atomic E-state index is 11.1. The Morgan fingerprint density at radius 3 is 2.59 bits per heavy atom. The van der Waals surface area contributed by atoms with Gasteiger partial charge in [-0.25, -0.2) is 13.6 Å². The molecule has 0 amide bonds. The number of hydrogen-bond donors (Lipinski definition) is 3. The fourth-order valence-corrected chi connectivity index (χ4v) is 1.73. The molecule has 0 unspecified atom stereocenters. The van der Waals surface area contributed by atoms with E-state index in [1.807, 2.05) is 0 Å². The van der Waals surface area contributed by atoms with Crippen molar-refractivity contribution < 1.29 is 17.9 Å². The zero-order valence-electron chi connectivity index (χ0n) is 9.14. The average Bonchev–Trinajstić information content (AvgIpc) is 2.24. The number of ether oxygens (including phenoxy) is 1. The van der Waals surface area contributed by atoms with Crippen molar-refractivity contribution >= 4 is 27.4 Å². The number of nitrogens with one attached hydrogen (secondary N) is 1. The van der Waals surface area contributed by atoms with Crippen molar-refractivity contribution in [2.24, 2.45) is 5.14 Å². The molecule has 1 aromatic carbocycles. The van der Waals surface area contributed by atoms with E-state index in [1.54, 1.807) is 0 Å². The highest BCUT2D eigenvalue weighted by atomic mass is 32.2. The standard InChI is InChI=1S/C9H13N3O4S/c1-16-9(13)5-12-7-2-6(10)3-8(4-7)17(11,14)15/h2-4,12H,5,10H2,1H3,(H2,11,14,15). The van der Waals surface area contributed by atoms with Gasteiger partial charge in [-0.1, -0.05) is 0 Å². The van der Waals surface area contributed by atoms with Gasteiger partial charge in [0.15, 0.2) is 0 Å². The number of rotatable bonds is 4. The van der Waals surface area contributed by atoms with Crippen LogP contribution in [0.4, 0.5) is 11.4 Å². The second-order valence-corrected chi connectivity index (χ2v) is 4.83. The summed E-state index contributed by atoms with van der Waals surface area (Å²) < 4.78 is 26.7. The van der Waals surface area contributed by atoms with Crippen LogP contribution in [0.5, 0.6) is 0 Å². The molecule has 0 aromatic heterocycles. The Labute approximate surface area is 98.8 Å². The molecule has 0 bridgehead atoms. The van der Waals surface area contributed by atoms with Gasteiger partial charge in [0.2, 0.25) is 10.0 Å². The number of benzene rings is 1. The second kappa shape index (κ2) is 5.02. The van der Waals surface area contributed by atoms with Gasteiger partial charge in [-0.2, -0.15) is 0 Å². The number of anilines is 2. The van der Waals surface area contributed by atoms with Gasteiger partial charge in [0.05, 0.1) is 12.0 Å². The predicted molar refractivity (Wildman–Crippen MR) is 62.7 cm³/mol. The van der Waals surface area contributed by atoms with Crippen LogP contribution >= 0.6 is 0 Å². The van der Waals surface area contributed by atoms with E-state index >= 15 is 0 Å². The maximum Gasteiger partial charge on any atom is 0.325 e. The summed E-state index contributed by atoms with van der Waals surface area (Å²) in [5.41, 5.74) is 6.12. The Balaban J connectivity index is 2.95. The molecule has 0 radical (unpaired) electrons. The van der Waals surface area contributed by atoms with Gasteiger partial charge in [-0.15, -0.1) is 0 Å². The van der Waals surface area contributed by atoms with Crippen molar-refractivity contribution in [2.45, 2.75) is 4.90 Å². The summed E-state index contributed by atoms with van der Waals surface area (Å²) >= 11 is 0. The van der Waals surface area contributed by atoms with E-state index in [4.69, 9.17) is 10.9 Å². The fraction of sp³-hybridized carbons (Fsp3) is 0.222. The molecule has 1 aromatic rings. The molecule has 0 fully saturated rings. The van der Waals surface area contributed by atoms with Crippen LogP contribution in [0.15, 0.2) is 23.1 Å². The normalized spacial score (nSPS) is 10.9. The number of carbonyl (C=O) groups is 1. The molecule has 8 heteroatoms. The molecule has 0 aliphatic heterocycles. The van der Waals surface area contributed by atoms with Crippen LogP contribution in [0, 0.1) is 0 Å². The minimum absolute atomic E-state index is 0.0932. The van der Waals surface area contributed by atoms with Crippen molar-refractivity contribution in [2.75, 3.05) is 24.7 Å². The SMILES string of the molecule is COC(=O)CNc1cc(N)cc(S(N)(=O)=O)c1. The maximum absolute atomic E-state index is 11.1. The Kier molecular flexibility index (Phi) is 3.92. The number of esters is 1. The molecule has 94 valence electrons. The van der Waals surface area contributed by atoms with Gasteiger partial charge < -0.3 is 15.8 Å². The third kappa shape index (κ3) is 3.93. The zero-order chi connectivity index (χ0) is 13.1. The molecule has 0 spiro atoms. The van der Waals surface area contributed by atoms with Gasteiger partial charge in [0.25, 0.3) is 0 Å². The summed E-state index contributed by atoms with van der Waals surface area (Å²) in [5, 5.41) is 7.65. The minimum atomic E-state index is -3.83. The first kappa shape index (κ1) is 13.3. The smallest absolute Gasteiger partial charge is 0.325 e. The predicted octanol–water partition coefficient (Wildman–Crippen LogP) is -0.499. The number of carbonyl (C=O) groups excluding carboxylic acids is 1. The minimum Gasteiger partial charge on any atom is -0.468 e. The molecule has 17 heavy (non-hydrogen) atoms. The fourth-order valence-electron chi connectivity index (χ4n) is 1.13. The number of sulfonamides is 1. The van der Waals surface area contributed by atoms with E-state index in [-0.39, 0.29) is 17.1 Å². The Morgan fingerprint density at radius 1 is 1.41 bits per heavy atom. The highest BCUT2D eigenvalue weighted by molar-refractivity contribution is 7.89. The van der Waals surface area contributed by atoms with Gasteiger partial charge in [-0.3, -0.25) is 4.79 Å². The molecule has 0 atom stereocenters. The monoisotopic (exact) mass is 259 g/mol. The molecule has 1 rings (SSSR count). The third-order valence-electron chi connectivity index (χ3n) is 1.92. The van der Waals surface area contributed by atoms with Crippen molar-refractivity contribution in [3.63, 3.8) is 0 Å². The molecule has 0 heterocycles. The van der Waals surface area contributed by atoms with Crippen molar-refractivity contribution in [3.05, 3.63) is 18.2 Å². The average molecular weight is 259 g/mol. The number of hydrogen-bond acceptors (Lipinski definition) is 6. The first-order chi connectivity index (χ1) is 7.82. The van der Waals surface area contributed by atoms with Crippen LogP contribution in [0.1, 0.15) is 0 Å². The molecular weight excluding hydrogens is 246 g/mol. The first-order valence-electron chi connectivity index (χ1n) is 4.57.